The molecule has 1 spiro atoms. The van der Waals surface area contributed by atoms with Crippen molar-refractivity contribution in [2.24, 2.45) is 11.8 Å². The molecule has 0 aliphatic carbocycles. The van der Waals surface area contributed by atoms with Crippen molar-refractivity contribution in [3.8, 4) is 0 Å². The Balaban J connectivity index is 1.51. The fraction of sp³-hybridized carbons (Fsp3) is 0.323. The molecule has 7 atom stereocenters. The van der Waals surface area contributed by atoms with Gasteiger partial charge in [0.15, 0.2) is 0 Å². The molecular formula is C31H29BrN2O6. The lowest BCUT2D eigenvalue weighted by atomic mass is 9.70. The number of alkyl halides is 1. The van der Waals surface area contributed by atoms with Crippen molar-refractivity contribution >= 4 is 50.2 Å². The van der Waals surface area contributed by atoms with Crippen LogP contribution in [0.3, 0.4) is 0 Å². The van der Waals surface area contributed by atoms with Crippen LogP contribution in [0.5, 0.6) is 0 Å². The van der Waals surface area contributed by atoms with Crippen molar-refractivity contribution < 1.29 is 29.3 Å². The number of carboxylic acids is 1. The summed E-state index contributed by atoms with van der Waals surface area (Å²) in [6, 6.07) is 20.5. The second-order valence-electron chi connectivity index (χ2n) is 10.6. The molecule has 206 valence electrons. The van der Waals surface area contributed by atoms with Gasteiger partial charge in [0.05, 0.1) is 30.6 Å². The molecule has 3 heterocycles. The number of anilines is 1. The van der Waals surface area contributed by atoms with Gasteiger partial charge in [-0.25, -0.2) is 0 Å². The van der Waals surface area contributed by atoms with Crippen LogP contribution in [0.4, 0.5) is 5.69 Å². The normalized spacial score (nSPS) is 29.4. The van der Waals surface area contributed by atoms with E-state index in [0.717, 1.165) is 10.8 Å². The van der Waals surface area contributed by atoms with Crippen LogP contribution in [0.15, 0.2) is 85.5 Å². The van der Waals surface area contributed by atoms with Gasteiger partial charge in [-0.15, -0.1) is 6.58 Å². The maximum atomic E-state index is 14.7. The van der Waals surface area contributed by atoms with Crippen LogP contribution in [0.1, 0.15) is 18.0 Å². The van der Waals surface area contributed by atoms with Crippen LogP contribution >= 0.6 is 15.9 Å². The van der Waals surface area contributed by atoms with Gasteiger partial charge in [-0.2, -0.15) is 0 Å². The Bertz CT molecular complexity index is 1500. The molecule has 0 radical (unpaired) electrons. The van der Waals surface area contributed by atoms with Crippen molar-refractivity contribution in [1.29, 1.82) is 0 Å². The molecule has 2 bridgehead atoms. The van der Waals surface area contributed by atoms with Gasteiger partial charge in [0.25, 0.3) is 5.91 Å². The zero-order valence-corrected chi connectivity index (χ0v) is 23.2. The summed E-state index contributed by atoms with van der Waals surface area (Å²) in [4.78, 5) is 44.1. The maximum absolute atomic E-state index is 14.7. The minimum Gasteiger partial charge on any atom is -0.481 e. The molecule has 6 rings (SSSR count). The average Bonchev–Trinajstić information content (AvgIpc) is 3.56. The number of hydrogen-bond acceptors (Lipinski definition) is 5. The molecule has 1 unspecified atom stereocenters. The summed E-state index contributed by atoms with van der Waals surface area (Å²) in [6.45, 7) is 3.57. The predicted octanol–water partition coefficient (Wildman–Crippen LogP) is 3.93. The third-order valence-corrected chi connectivity index (χ3v) is 9.41. The Kier molecular flexibility index (Phi) is 6.76. The smallest absolute Gasteiger partial charge is 0.310 e. The molecule has 3 fully saturated rings. The summed E-state index contributed by atoms with van der Waals surface area (Å²) < 4.78 is 6.42. The van der Waals surface area contributed by atoms with Crippen LogP contribution in [-0.2, 0) is 19.1 Å². The Morgan fingerprint density at radius 1 is 1.12 bits per heavy atom. The maximum Gasteiger partial charge on any atom is 0.310 e. The van der Waals surface area contributed by atoms with Crippen LogP contribution in [0, 0.1) is 11.8 Å². The Morgan fingerprint density at radius 3 is 2.50 bits per heavy atom. The van der Waals surface area contributed by atoms with Crippen LogP contribution in [0.25, 0.3) is 10.8 Å². The second kappa shape index (κ2) is 10.1. The van der Waals surface area contributed by atoms with Gasteiger partial charge in [-0.1, -0.05) is 82.7 Å². The first kappa shape index (κ1) is 26.7. The van der Waals surface area contributed by atoms with Gasteiger partial charge < -0.3 is 24.7 Å². The van der Waals surface area contributed by atoms with E-state index in [-0.39, 0.29) is 17.8 Å². The van der Waals surface area contributed by atoms with Crippen molar-refractivity contribution in [3.05, 3.63) is 91.0 Å². The molecule has 3 aromatic carbocycles. The topological polar surface area (TPSA) is 107 Å². The molecule has 3 aromatic rings. The zero-order valence-electron chi connectivity index (χ0n) is 21.6. The summed E-state index contributed by atoms with van der Waals surface area (Å²) in [5.74, 6) is -4.22. The highest BCUT2D eigenvalue weighted by molar-refractivity contribution is 9.09. The molecule has 3 aliphatic heterocycles. The van der Waals surface area contributed by atoms with Gasteiger partial charge in [-0.05, 0) is 34.9 Å². The number of aliphatic hydroxyl groups is 1. The lowest BCUT2D eigenvalue weighted by Gasteiger charge is -2.39. The minimum atomic E-state index is -1.37. The fourth-order valence-corrected chi connectivity index (χ4v) is 7.88. The number of rotatable bonds is 8. The third kappa shape index (κ3) is 3.90. The van der Waals surface area contributed by atoms with Crippen LogP contribution < -0.4 is 4.90 Å². The number of carbonyl (C=O) groups is 3. The average molecular weight is 605 g/mol. The van der Waals surface area contributed by atoms with Gasteiger partial charge >= 0.3 is 5.97 Å². The van der Waals surface area contributed by atoms with Crippen molar-refractivity contribution in [2.45, 2.75) is 35.0 Å². The molecule has 8 nitrogen and oxygen atoms in total. The predicted molar refractivity (Wildman–Crippen MR) is 153 cm³/mol. The summed E-state index contributed by atoms with van der Waals surface area (Å²) in [5, 5.41) is 22.7. The number of carboxylic acid groups (broad SMARTS) is 1. The fourth-order valence-electron chi connectivity index (χ4n) is 6.94. The highest BCUT2D eigenvalue weighted by atomic mass is 79.9. The highest BCUT2D eigenvalue weighted by Crippen LogP contribution is 2.61. The highest BCUT2D eigenvalue weighted by Gasteiger charge is 2.77. The van der Waals surface area contributed by atoms with Gasteiger partial charge in [-0.3, -0.25) is 14.4 Å². The van der Waals surface area contributed by atoms with Crippen molar-refractivity contribution in [3.63, 3.8) is 0 Å². The number of fused-ring (bicyclic) bond motifs is 2. The number of hydrogen-bond donors (Lipinski definition) is 2. The Labute approximate surface area is 240 Å². The van der Waals surface area contributed by atoms with E-state index < -0.39 is 60.0 Å². The summed E-state index contributed by atoms with van der Waals surface area (Å²) in [6.07, 6.45) is 1.16. The van der Waals surface area contributed by atoms with Crippen molar-refractivity contribution in [1.82, 2.24) is 4.90 Å². The lowest BCUT2D eigenvalue weighted by molar-refractivity contribution is -0.151. The Morgan fingerprint density at radius 2 is 1.82 bits per heavy atom. The standard InChI is InChI=1S/C31H29BrN2O6/c1-2-14-33(21-13-12-18-8-6-7-11-20(18)15-21)29(37)27-31-16-22(32)26(40-31)24(30(38)39)25(31)28(36)34(27)23(17-35)19-9-4-3-5-10-19/h2-13,15,22-27,35H,1,14,16-17H2,(H,38,39)/t22?,23-,24+,25-,26+,27+,31-/m1/s1. The minimum absolute atomic E-state index is 0.162. The van der Waals surface area contributed by atoms with Gasteiger partial charge in [0, 0.05) is 17.1 Å². The SMILES string of the molecule is C=CCN(C(=O)[C@@H]1N([C@H](CO)c2ccccc2)C(=O)[C@H]2[C@H](C(=O)O)[C@H]3O[C@@]12CC3Br)c1ccc2ccccc2c1. The van der Waals surface area contributed by atoms with E-state index in [1.54, 1.807) is 35.2 Å². The molecule has 40 heavy (non-hydrogen) atoms. The number of amides is 2. The van der Waals surface area contributed by atoms with Gasteiger partial charge in [0.1, 0.15) is 11.6 Å². The van der Waals surface area contributed by atoms with E-state index in [4.69, 9.17) is 4.74 Å². The van der Waals surface area contributed by atoms with Gasteiger partial charge in [0.2, 0.25) is 5.91 Å². The molecule has 9 heteroatoms. The Hall–Kier alpha value is -3.53. The largest absolute Gasteiger partial charge is 0.481 e. The molecule has 0 aromatic heterocycles. The first-order valence-corrected chi connectivity index (χ1v) is 14.2. The molecule has 3 saturated heterocycles. The number of aliphatic hydroxyl groups excluding tert-OH is 1. The van der Waals surface area contributed by atoms with E-state index in [2.05, 4.69) is 22.5 Å². The van der Waals surface area contributed by atoms with E-state index in [9.17, 15) is 24.6 Å². The molecule has 2 amide bonds. The monoisotopic (exact) mass is 604 g/mol. The third-order valence-electron chi connectivity index (χ3n) is 8.56. The molecular weight excluding hydrogens is 576 g/mol. The summed E-state index contributed by atoms with van der Waals surface area (Å²) in [5.41, 5.74) is -0.103. The van der Waals surface area contributed by atoms with E-state index >= 15 is 0 Å². The lowest BCUT2D eigenvalue weighted by Crippen LogP contribution is -2.57. The van der Waals surface area contributed by atoms with E-state index in [1.165, 1.54) is 4.90 Å². The van der Waals surface area contributed by atoms with E-state index in [0.29, 0.717) is 11.3 Å². The first-order valence-electron chi connectivity index (χ1n) is 13.3. The number of ether oxygens (including phenoxy) is 1. The quantitative estimate of drug-likeness (QED) is 0.298. The number of aliphatic carboxylic acids is 1. The zero-order chi connectivity index (χ0) is 28.2. The van der Waals surface area contributed by atoms with Crippen molar-refractivity contribution in [2.75, 3.05) is 18.1 Å². The number of carbonyl (C=O) groups excluding carboxylic acids is 2. The molecule has 2 N–H and O–H groups in total. The summed E-state index contributed by atoms with van der Waals surface area (Å²) >= 11 is 3.58. The second-order valence-corrected chi connectivity index (χ2v) is 11.8. The number of likely N-dealkylation sites (tertiary alicyclic amines) is 1. The number of benzene rings is 3. The number of nitrogens with zero attached hydrogens (tertiary/aromatic N) is 2. The number of halogens is 1. The molecule has 3 aliphatic rings. The van der Waals surface area contributed by atoms with E-state index in [1.807, 2.05) is 48.5 Å². The summed E-state index contributed by atoms with van der Waals surface area (Å²) in [7, 11) is 0. The van der Waals surface area contributed by atoms with Crippen LogP contribution in [0.2, 0.25) is 0 Å². The molecule has 0 saturated carbocycles. The van der Waals surface area contributed by atoms with Crippen LogP contribution in [-0.4, -0.2) is 68.6 Å². The first-order chi connectivity index (χ1) is 19.3.